The van der Waals surface area contributed by atoms with Gasteiger partial charge in [0.05, 0.1) is 49.2 Å². The molecule has 0 spiro atoms. The fraction of sp³-hybridized carbons (Fsp3) is 0.304. The maximum absolute atomic E-state index is 13.9. The average molecular weight is 807 g/mol. The first kappa shape index (κ1) is 38.6. The van der Waals surface area contributed by atoms with E-state index in [1.54, 1.807) is 4.90 Å². The number of hydrogen-bond acceptors (Lipinski definition) is 8. The van der Waals surface area contributed by atoms with Gasteiger partial charge in [-0.15, -0.1) is 0 Å². The third-order valence-corrected chi connectivity index (χ3v) is 12.1. The minimum atomic E-state index is -0.879. The van der Waals surface area contributed by atoms with Crippen molar-refractivity contribution in [1.29, 1.82) is 0 Å². The van der Waals surface area contributed by atoms with Crippen molar-refractivity contribution in [2.45, 2.75) is 68.7 Å². The summed E-state index contributed by atoms with van der Waals surface area (Å²) in [6.07, 6.45) is 9.45. The zero-order valence-electron chi connectivity index (χ0n) is 33.4. The van der Waals surface area contributed by atoms with E-state index in [4.69, 9.17) is 19.4 Å². The van der Waals surface area contributed by atoms with E-state index in [0.29, 0.717) is 18.5 Å². The van der Waals surface area contributed by atoms with Gasteiger partial charge in [-0.3, -0.25) is 9.59 Å². The second-order valence-corrected chi connectivity index (χ2v) is 15.7. The van der Waals surface area contributed by atoms with Crippen LogP contribution in [0.3, 0.4) is 0 Å². The summed E-state index contributed by atoms with van der Waals surface area (Å²) in [6, 6.07) is 26.2. The van der Waals surface area contributed by atoms with Gasteiger partial charge in [0.25, 0.3) is 5.91 Å². The minimum Gasteiger partial charge on any atom is -0.453 e. The zero-order chi connectivity index (χ0) is 41.3. The van der Waals surface area contributed by atoms with Gasteiger partial charge in [0.1, 0.15) is 23.7 Å². The second kappa shape index (κ2) is 16.4. The lowest BCUT2D eigenvalue weighted by Gasteiger charge is -2.37. The number of benzene rings is 4. The van der Waals surface area contributed by atoms with Gasteiger partial charge >= 0.3 is 12.2 Å². The number of fused-ring (bicyclic) bond motifs is 3. The van der Waals surface area contributed by atoms with Crippen molar-refractivity contribution < 1.29 is 28.7 Å². The number of methoxy groups -OCH3 is 2. The van der Waals surface area contributed by atoms with Gasteiger partial charge in [0, 0.05) is 18.2 Å². The van der Waals surface area contributed by atoms with Gasteiger partial charge in [0.15, 0.2) is 0 Å². The molecule has 0 radical (unpaired) electrons. The number of carbonyl (C=O) groups excluding carboxylic acids is 4. The number of hydrogen-bond donors (Lipinski definition) is 4. The summed E-state index contributed by atoms with van der Waals surface area (Å²) in [5, 5.41) is 7.60. The quantitative estimate of drug-likeness (QED) is 0.108. The van der Waals surface area contributed by atoms with Gasteiger partial charge in [-0.25, -0.2) is 19.6 Å². The van der Waals surface area contributed by atoms with Crippen molar-refractivity contribution in [2.24, 2.45) is 0 Å². The van der Waals surface area contributed by atoms with Crippen molar-refractivity contribution in [3.63, 3.8) is 0 Å². The molecule has 3 aliphatic heterocycles. The molecule has 14 nitrogen and oxygen atoms in total. The lowest BCUT2D eigenvalue weighted by Crippen LogP contribution is -2.54. The van der Waals surface area contributed by atoms with Crippen LogP contribution < -0.4 is 10.6 Å². The van der Waals surface area contributed by atoms with Crippen LogP contribution in [0.5, 0.6) is 0 Å². The van der Waals surface area contributed by atoms with Crippen LogP contribution >= 0.6 is 0 Å². The number of imidazole rings is 2. The van der Waals surface area contributed by atoms with Gasteiger partial charge in [0.2, 0.25) is 5.91 Å². The van der Waals surface area contributed by atoms with Crippen LogP contribution in [0.1, 0.15) is 85.0 Å². The van der Waals surface area contributed by atoms with Crippen molar-refractivity contribution in [2.75, 3.05) is 20.8 Å². The highest BCUT2D eigenvalue weighted by Crippen LogP contribution is 2.41. The third kappa shape index (κ3) is 7.56. The van der Waals surface area contributed by atoms with E-state index in [0.717, 1.165) is 87.9 Å². The molecule has 3 saturated heterocycles. The largest absolute Gasteiger partial charge is 0.453 e. The number of H-pyrrole nitrogens is 2. The molecule has 5 atom stereocenters. The van der Waals surface area contributed by atoms with E-state index in [1.807, 2.05) is 53.6 Å². The molecule has 2 aromatic heterocycles. The Labute approximate surface area is 346 Å². The predicted molar refractivity (Wildman–Crippen MR) is 226 cm³/mol. The van der Waals surface area contributed by atoms with Crippen LogP contribution in [-0.4, -0.2) is 86.6 Å². The number of ether oxygens (including phenoxy) is 2. The maximum Gasteiger partial charge on any atom is 0.407 e. The topological polar surface area (TPSA) is 175 Å². The zero-order valence-corrected chi connectivity index (χ0v) is 33.4. The molecule has 3 fully saturated rings. The summed E-state index contributed by atoms with van der Waals surface area (Å²) in [6.45, 7) is 0.557. The number of rotatable bonds is 9. The van der Waals surface area contributed by atoms with Crippen molar-refractivity contribution in [1.82, 2.24) is 40.4 Å². The summed E-state index contributed by atoms with van der Waals surface area (Å²) in [4.78, 5) is 71.7. The number of alkyl carbamates (subject to hydrolysis) is 2. The smallest absolute Gasteiger partial charge is 0.407 e. The van der Waals surface area contributed by atoms with Crippen molar-refractivity contribution >= 4 is 58.0 Å². The molecule has 0 bridgehead atoms. The molecule has 4 aromatic carbocycles. The molecule has 5 heterocycles. The molecule has 2 unspecified atom stereocenters. The summed E-state index contributed by atoms with van der Waals surface area (Å²) in [5.74, 6) is 1.17. The van der Waals surface area contributed by atoms with Crippen LogP contribution in [0.25, 0.3) is 45.2 Å². The monoisotopic (exact) mass is 806 g/mol. The number of carbonyl (C=O) groups is 4. The first-order chi connectivity index (χ1) is 29.3. The Balaban J connectivity index is 0.877. The number of likely N-dealkylation sites (tertiary alicyclic amines) is 1. The fourth-order valence-corrected chi connectivity index (χ4v) is 9.05. The number of amides is 4. The SMILES string of the molecule is COC(=O)N[C@H]1CCC2CC[C@@H](c3ncc(-c4ccc5cc(/C=C/c6ccc7nc(C8CCCN8C(=O)[C@H](NC(=O)OC)c8ccccc8)[nH]c7c6)ccc5c4)[nH]3)N2C1=O. The summed E-state index contributed by atoms with van der Waals surface area (Å²) < 4.78 is 9.57. The number of nitrogens with one attached hydrogen (secondary N) is 4. The molecule has 4 N–H and O–H groups in total. The first-order valence-corrected chi connectivity index (χ1v) is 20.4. The number of aromatic amines is 2. The summed E-state index contributed by atoms with van der Waals surface area (Å²) >= 11 is 0. The lowest BCUT2D eigenvalue weighted by atomic mass is 9.98. The normalized spacial score (nSPS) is 20.7. The lowest BCUT2D eigenvalue weighted by molar-refractivity contribution is -0.139. The van der Waals surface area contributed by atoms with E-state index in [-0.39, 0.29) is 29.9 Å². The standard InChI is InChI=1S/C46H46N8O6/c1-59-45(57)51-35-20-17-33-18-21-39(54(33)43(35)55)41-47-26-37(50-41)32-16-15-30-23-27(12-14-31(30)25-32)10-11-28-13-19-34-36(24-28)49-42(48-34)38-9-6-22-53(38)44(56)40(52-46(58)60-2)29-7-4-3-5-8-29/h3-5,7-8,10-16,19,23-26,33,35,38-40H,6,9,17-18,20-22H2,1-2H3,(H,47,50)(H,48,49)(H,51,57)(H,52,58)/b11-10+/t33?,35-,38?,39-,40+/m0/s1. The molecule has 306 valence electrons. The predicted octanol–water partition coefficient (Wildman–Crippen LogP) is 7.59. The summed E-state index contributed by atoms with van der Waals surface area (Å²) in [5.41, 5.74) is 6.31. The van der Waals surface area contributed by atoms with Crippen LogP contribution in [0.15, 0.2) is 91.1 Å². The van der Waals surface area contributed by atoms with Crippen LogP contribution in [0.4, 0.5) is 9.59 Å². The van der Waals surface area contributed by atoms with E-state index in [1.165, 1.54) is 14.2 Å². The highest BCUT2D eigenvalue weighted by molar-refractivity contribution is 5.91. The fourth-order valence-electron chi connectivity index (χ4n) is 9.05. The maximum atomic E-state index is 13.9. The molecule has 60 heavy (non-hydrogen) atoms. The second-order valence-electron chi connectivity index (χ2n) is 15.7. The van der Waals surface area contributed by atoms with Gasteiger partial charge in [-0.1, -0.05) is 72.8 Å². The minimum absolute atomic E-state index is 0.0877. The van der Waals surface area contributed by atoms with Gasteiger partial charge in [-0.05, 0) is 90.3 Å². The Morgan fingerprint density at radius 1 is 0.800 bits per heavy atom. The molecular formula is C46H46N8O6. The highest BCUT2D eigenvalue weighted by Gasteiger charge is 2.45. The van der Waals surface area contributed by atoms with E-state index in [9.17, 15) is 19.2 Å². The van der Waals surface area contributed by atoms with Gasteiger partial charge < -0.3 is 39.9 Å². The molecule has 0 saturated carbocycles. The van der Waals surface area contributed by atoms with Crippen molar-refractivity contribution in [3.8, 4) is 11.3 Å². The Bertz CT molecular complexity index is 2620. The van der Waals surface area contributed by atoms with E-state index < -0.39 is 24.3 Å². The van der Waals surface area contributed by atoms with Crippen LogP contribution in [-0.2, 0) is 19.1 Å². The van der Waals surface area contributed by atoms with Crippen molar-refractivity contribution in [3.05, 3.63) is 119 Å². The molecular weight excluding hydrogens is 761 g/mol. The van der Waals surface area contributed by atoms with Crippen LogP contribution in [0.2, 0.25) is 0 Å². The Morgan fingerprint density at radius 3 is 2.37 bits per heavy atom. The number of nitrogens with zero attached hydrogens (tertiary/aromatic N) is 4. The highest BCUT2D eigenvalue weighted by atomic mass is 16.5. The van der Waals surface area contributed by atoms with E-state index >= 15 is 0 Å². The average Bonchev–Trinajstić information content (AvgIpc) is 4.11. The molecule has 6 aromatic rings. The Morgan fingerprint density at radius 2 is 1.55 bits per heavy atom. The van der Waals surface area contributed by atoms with E-state index in [2.05, 4.69) is 75.2 Å². The molecule has 9 rings (SSSR count). The van der Waals surface area contributed by atoms with Gasteiger partial charge in [-0.2, -0.15) is 0 Å². The summed E-state index contributed by atoms with van der Waals surface area (Å²) in [7, 11) is 2.58. The van der Waals surface area contributed by atoms with Crippen LogP contribution in [0, 0.1) is 0 Å². The number of piperidine rings is 1. The Hall–Kier alpha value is -6.96. The first-order valence-electron chi connectivity index (χ1n) is 20.4. The molecule has 0 aliphatic carbocycles. The molecule has 3 aliphatic rings. The molecule has 14 heteroatoms. The Kier molecular flexibility index (Phi) is 10.5. The molecule has 4 amide bonds. The third-order valence-electron chi connectivity index (χ3n) is 12.1. The number of aromatic nitrogens is 4.